The molecule has 1 atom stereocenters. The summed E-state index contributed by atoms with van der Waals surface area (Å²) in [5.74, 6) is -0.0412. The lowest BCUT2D eigenvalue weighted by molar-refractivity contribution is -0.137. The van der Waals surface area contributed by atoms with Crippen molar-refractivity contribution in [2.75, 3.05) is 13.1 Å². The molecule has 3 heterocycles. The summed E-state index contributed by atoms with van der Waals surface area (Å²) in [5, 5.41) is 3.46. The number of alkyl halides is 3. The monoisotopic (exact) mass is 432 g/mol. The Morgan fingerprint density at radius 2 is 1.93 bits per heavy atom. The van der Waals surface area contributed by atoms with Gasteiger partial charge in [-0.05, 0) is 36.2 Å². The van der Waals surface area contributed by atoms with Crippen molar-refractivity contribution < 1.29 is 18.0 Å². The van der Waals surface area contributed by atoms with Crippen LogP contribution >= 0.6 is 11.3 Å². The second kappa shape index (κ2) is 8.16. The fraction of sp³-hybridized carbons (Fsp3) is 0.286. The number of hydrogen-bond donors (Lipinski definition) is 1. The molecule has 1 fully saturated rings. The maximum atomic E-state index is 12.9. The first-order chi connectivity index (χ1) is 14.3. The smallest absolute Gasteiger partial charge is 0.335 e. The number of aryl methyl sites for hydroxylation is 1. The average Bonchev–Trinajstić information content (AvgIpc) is 3.13. The van der Waals surface area contributed by atoms with Crippen molar-refractivity contribution in [3.63, 3.8) is 0 Å². The second-order valence-corrected chi connectivity index (χ2v) is 8.03. The molecule has 1 amide bonds. The Kier molecular flexibility index (Phi) is 5.57. The minimum atomic E-state index is -4.38. The van der Waals surface area contributed by atoms with E-state index in [9.17, 15) is 18.0 Å². The Morgan fingerprint density at radius 1 is 1.20 bits per heavy atom. The summed E-state index contributed by atoms with van der Waals surface area (Å²) in [4.78, 5) is 23.2. The first kappa shape index (κ1) is 20.5. The largest absolute Gasteiger partial charge is 0.416 e. The van der Waals surface area contributed by atoms with Gasteiger partial charge in [0, 0.05) is 31.5 Å². The van der Waals surface area contributed by atoms with E-state index in [2.05, 4.69) is 15.3 Å². The van der Waals surface area contributed by atoms with Gasteiger partial charge in [-0.1, -0.05) is 18.2 Å². The van der Waals surface area contributed by atoms with Crippen LogP contribution in [-0.4, -0.2) is 39.9 Å². The zero-order valence-electron chi connectivity index (χ0n) is 16.1. The standard InChI is InChI=1S/C21H19F3N4OS/c1-13-19(30-12-26-13)20(29)28-10-17(11-28)27-18(15-3-2-8-25-9-15)14-4-6-16(7-5-14)21(22,23)24/h2-9,12,17-18,27H,10-11H2,1H3. The predicted octanol–water partition coefficient (Wildman–Crippen LogP) is 4.07. The fourth-order valence-corrected chi connectivity index (χ4v) is 4.20. The molecule has 0 saturated carbocycles. The van der Waals surface area contributed by atoms with Gasteiger partial charge in [0.25, 0.3) is 5.91 Å². The van der Waals surface area contributed by atoms with Crippen LogP contribution in [0.3, 0.4) is 0 Å². The van der Waals surface area contributed by atoms with Gasteiger partial charge in [-0.2, -0.15) is 13.2 Å². The molecule has 3 aromatic rings. The van der Waals surface area contributed by atoms with E-state index in [1.807, 2.05) is 13.0 Å². The number of nitrogens with one attached hydrogen (secondary N) is 1. The minimum absolute atomic E-state index is 0.0228. The third-order valence-corrected chi connectivity index (χ3v) is 6.02. The first-order valence-electron chi connectivity index (χ1n) is 9.35. The minimum Gasteiger partial charge on any atom is -0.335 e. The van der Waals surface area contributed by atoms with Crippen LogP contribution < -0.4 is 5.32 Å². The second-order valence-electron chi connectivity index (χ2n) is 7.18. The number of benzene rings is 1. The molecule has 0 spiro atoms. The number of likely N-dealkylation sites (tertiary alicyclic amines) is 1. The van der Waals surface area contributed by atoms with E-state index in [0.29, 0.717) is 23.5 Å². The van der Waals surface area contributed by atoms with Gasteiger partial charge >= 0.3 is 6.18 Å². The number of nitrogens with zero attached hydrogens (tertiary/aromatic N) is 3. The molecule has 1 unspecified atom stereocenters. The third kappa shape index (κ3) is 4.22. The molecule has 0 bridgehead atoms. The van der Waals surface area contributed by atoms with Gasteiger partial charge in [0.05, 0.1) is 22.8 Å². The Labute approximate surface area is 175 Å². The lowest BCUT2D eigenvalue weighted by Crippen LogP contribution is -2.60. The van der Waals surface area contributed by atoms with E-state index in [0.717, 1.165) is 23.4 Å². The van der Waals surface area contributed by atoms with Gasteiger partial charge in [0.2, 0.25) is 0 Å². The van der Waals surface area contributed by atoms with Crippen molar-refractivity contribution >= 4 is 17.2 Å². The van der Waals surface area contributed by atoms with Crippen LogP contribution in [0.1, 0.15) is 38.1 Å². The number of rotatable bonds is 5. The normalized spacial score (nSPS) is 15.7. The number of pyridine rings is 1. The van der Waals surface area contributed by atoms with E-state index in [1.165, 1.54) is 23.5 Å². The van der Waals surface area contributed by atoms with Gasteiger partial charge in [-0.25, -0.2) is 4.98 Å². The Morgan fingerprint density at radius 3 is 2.50 bits per heavy atom. The van der Waals surface area contributed by atoms with E-state index < -0.39 is 11.7 Å². The van der Waals surface area contributed by atoms with Gasteiger partial charge < -0.3 is 4.90 Å². The van der Waals surface area contributed by atoms with E-state index in [1.54, 1.807) is 28.9 Å². The summed E-state index contributed by atoms with van der Waals surface area (Å²) in [6.45, 7) is 2.85. The van der Waals surface area contributed by atoms with Gasteiger partial charge in [0.1, 0.15) is 4.88 Å². The molecule has 156 valence electrons. The molecule has 0 aliphatic carbocycles. The summed E-state index contributed by atoms with van der Waals surface area (Å²) in [7, 11) is 0. The van der Waals surface area contributed by atoms with E-state index in [4.69, 9.17) is 0 Å². The Hall–Kier alpha value is -2.78. The molecule has 4 rings (SSSR count). The van der Waals surface area contributed by atoms with Crippen LogP contribution in [0.25, 0.3) is 0 Å². The molecular weight excluding hydrogens is 413 g/mol. The molecule has 5 nitrogen and oxygen atoms in total. The molecular formula is C21H19F3N4OS. The summed E-state index contributed by atoms with van der Waals surface area (Å²) in [5.41, 5.74) is 3.25. The topological polar surface area (TPSA) is 58.1 Å². The lowest BCUT2D eigenvalue weighted by atomic mass is 9.96. The van der Waals surface area contributed by atoms with Crippen LogP contribution in [-0.2, 0) is 6.18 Å². The number of carbonyl (C=O) groups is 1. The van der Waals surface area contributed by atoms with Crippen LogP contribution in [0, 0.1) is 6.92 Å². The van der Waals surface area contributed by atoms with Gasteiger partial charge in [-0.15, -0.1) is 11.3 Å². The highest BCUT2D eigenvalue weighted by Gasteiger charge is 2.35. The molecule has 1 aliphatic heterocycles. The molecule has 9 heteroatoms. The molecule has 0 radical (unpaired) electrons. The number of carbonyl (C=O) groups excluding carboxylic acids is 1. The van der Waals surface area contributed by atoms with Crippen molar-refractivity contribution in [2.45, 2.75) is 25.2 Å². The van der Waals surface area contributed by atoms with E-state index in [-0.39, 0.29) is 18.0 Å². The maximum absolute atomic E-state index is 12.9. The van der Waals surface area contributed by atoms with Crippen molar-refractivity contribution in [3.05, 3.63) is 81.6 Å². The molecule has 1 aromatic carbocycles. The molecule has 1 saturated heterocycles. The number of hydrogen-bond acceptors (Lipinski definition) is 5. The molecule has 1 aliphatic rings. The van der Waals surface area contributed by atoms with Gasteiger partial charge in [-0.3, -0.25) is 15.1 Å². The van der Waals surface area contributed by atoms with Crippen molar-refractivity contribution in [1.29, 1.82) is 0 Å². The number of aromatic nitrogens is 2. The van der Waals surface area contributed by atoms with Crippen molar-refractivity contribution in [3.8, 4) is 0 Å². The highest BCUT2D eigenvalue weighted by molar-refractivity contribution is 7.11. The Bertz CT molecular complexity index is 1010. The van der Waals surface area contributed by atoms with E-state index >= 15 is 0 Å². The van der Waals surface area contributed by atoms with Crippen LogP contribution in [0.4, 0.5) is 13.2 Å². The summed E-state index contributed by atoms with van der Waals surface area (Å²) < 4.78 is 38.7. The van der Waals surface area contributed by atoms with Crippen LogP contribution in [0.5, 0.6) is 0 Å². The van der Waals surface area contributed by atoms with Crippen LogP contribution in [0.15, 0.2) is 54.3 Å². The van der Waals surface area contributed by atoms with Crippen molar-refractivity contribution in [1.82, 2.24) is 20.2 Å². The number of thiazole rings is 1. The first-order valence-corrected chi connectivity index (χ1v) is 10.2. The zero-order valence-corrected chi connectivity index (χ0v) is 16.9. The number of amides is 1. The third-order valence-electron chi connectivity index (χ3n) is 5.10. The zero-order chi connectivity index (χ0) is 21.3. The quantitative estimate of drug-likeness (QED) is 0.661. The van der Waals surface area contributed by atoms with Gasteiger partial charge in [0.15, 0.2) is 0 Å². The summed E-state index contributed by atoms with van der Waals surface area (Å²) in [6.07, 6.45) is -1.04. The van der Waals surface area contributed by atoms with Crippen LogP contribution in [0.2, 0.25) is 0 Å². The summed E-state index contributed by atoms with van der Waals surface area (Å²) >= 11 is 1.32. The number of halogens is 3. The molecule has 1 N–H and O–H groups in total. The fourth-order valence-electron chi connectivity index (χ4n) is 3.43. The predicted molar refractivity (Wildman–Crippen MR) is 107 cm³/mol. The lowest BCUT2D eigenvalue weighted by Gasteiger charge is -2.41. The summed E-state index contributed by atoms with van der Waals surface area (Å²) in [6, 6.07) is 8.50. The van der Waals surface area contributed by atoms with Crippen molar-refractivity contribution in [2.24, 2.45) is 0 Å². The maximum Gasteiger partial charge on any atom is 0.416 e. The Balaban J connectivity index is 1.48. The SMILES string of the molecule is Cc1ncsc1C(=O)N1CC(NC(c2ccc(C(F)(F)F)cc2)c2cccnc2)C1. The molecule has 30 heavy (non-hydrogen) atoms. The highest BCUT2D eigenvalue weighted by atomic mass is 32.1. The molecule has 2 aromatic heterocycles. The average molecular weight is 432 g/mol. The highest BCUT2D eigenvalue weighted by Crippen LogP contribution is 2.31.